The van der Waals surface area contributed by atoms with E-state index in [4.69, 9.17) is 24.1 Å². The predicted molar refractivity (Wildman–Crippen MR) is 138 cm³/mol. The van der Waals surface area contributed by atoms with Gasteiger partial charge < -0.3 is 29.0 Å². The third kappa shape index (κ3) is 7.94. The molecule has 0 saturated heterocycles. The molecule has 4 rings (SSSR count). The Morgan fingerprint density at radius 2 is 1.61 bits per heavy atom. The normalized spacial score (nSPS) is 17.6. The van der Waals surface area contributed by atoms with Gasteiger partial charge in [-0.25, -0.2) is 13.6 Å². The second-order valence-corrected chi connectivity index (χ2v) is 9.63. The molecule has 0 fully saturated rings. The molecule has 0 saturated carbocycles. The predicted octanol–water partition coefficient (Wildman–Crippen LogP) is 4.86. The number of carboxylic acid groups (broad SMARTS) is 1. The summed E-state index contributed by atoms with van der Waals surface area (Å²) in [6.45, 7) is 0.667. The molecule has 2 heterocycles. The number of halogens is 5. The van der Waals surface area contributed by atoms with E-state index in [0.717, 1.165) is 28.0 Å². The van der Waals surface area contributed by atoms with E-state index in [1.165, 1.54) is 0 Å². The van der Waals surface area contributed by atoms with E-state index >= 15 is 8.78 Å². The van der Waals surface area contributed by atoms with Gasteiger partial charge in [-0.1, -0.05) is 18.2 Å². The van der Waals surface area contributed by atoms with E-state index in [1.807, 2.05) is 12.1 Å². The lowest BCUT2D eigenvalue weighted by Gasteiger charge is -2.41. The molecule has 0 unspecified atom stereocenters. The fourth-order valence-electron chi connectivity index (χ4n) is 4.99. The van der Waals surface area contributed by atoms with Gasteiger partial charge in [0.05, 0.1) is 45.6 Å². The number of nitrogens with zero attached hydrogens (tertiary/aromatic N) is 1. The highest BCUT2D eigenvalue weighted by Gasteiger charge is 2.43. The molecule has 2 N–H and O–H groups in total. The minimum Gasteiger partial charge on any atom is -0.491 e. The van der Waals surface area contributed by atoms with Crippen LogP contribution in [0.25, 0.3) is 10.9 Å². The van der Waals surface area contributed by atoms with Crippen LogP contribution in [0.4, 0.5) is 22.0 Å². The summed E-state index contributed by atoms with van der Waals surface area (Å²) in [7, 11) is 0. The van der Waals surface area contributed by atoms with Crippen LogP contribution >= 0.6 is 0 Å². The minimum atomic E-state index is -4.58. The van der Waals surface area contributed by atoms with Crippen molar-refractivity contribution in [3.63, 3.8) is 0 Å². The van der Waals surface area contributed by atoms with E-state index in [2.05, 4.69) is 4.98 Å². The van der Waals surface area contributed by atoms with E-state index in [9.17, 15) is 18.0 Å². The smallest absolute Gasteiger partial charge is 0.401 e. The second-order valence-electron chi connectivity index (χ2n) is 9.63. The number of carbonyl (C=O) groups is 1. The fourth-order valence-corrected chi connectivity index (χ4v) is 4.99. The van der Waals surface area contributed by atoms with Crippen LogP contribution in [-0.4, -0.2) is 86.0 Å². The summed E-state index contributed by atoms with van der Waals surface area (Å²) in [5, 5.41) is 9.27. The Hall–Kier alpha value is -3.26. The lowest BCUT2D eigenvalue weighted by atomic mass is 9.88. The average molecular weight is 587 g/mol. The van der Waals surface area contributed by atoms with Crippen molar-refractivity contribution in [2.45, 2.75) is 31.6 Å². The first-order valence-electron chi connectivity index (χ1n) is 13.0. The molecule has 1 aromatic heterocycles. The molecule has 8 nitrogen and oxygen atoms in total. The summed E-state index contributed by atoms with van der Waals surface area (Å²) in [5.41, 5.74) is 1.27. The summed E-state index contributed by atoms with van der Waals surface area (Å²) in [5.74, 6) is -3.23. The highest BCUT2D eigenvalue weighted by Crippen LogP contribution is 2.44. The first kappa shape index (κ1) is 30.7. The van der Waals surface area contributed by atoms with Crippen LogP contribution < -0.4 is 4.74 Å². The molecule has 1 aliphatic rings. The molecule has 224 valence electrons. The van der Waals surface area contributed by atoms with Crippen LogP contribution in [0.1, 0.15) is 29.8 Å². The summed E-state index contributed by atoms with van der Waals surface area (Å²) in [6, 6.07) is 7.16. The number of carboxylic acids is 1. The topological polar surface area (TPSA) is 93.2 Å². The van der Waals surface area contributed by atoms with Crippen molar-refractivity contribution < 1.29 is 50.8 Å². The lowest BCUT2D eigenvalue weighted by molar-refractivity contribution is -0.155. The van der Waals surface area contributed by atoms with Crippen LogP contribution in [0.3, 0.4) is 0 Å². The molecule has 0 spiro atoms. The molecule has 1 aliphatic heterocycles. The third-order valence-electron chi connectivity index (χ3n) is 6.67. The minimum absolute atomic E-state index is 0.0349. The lowest BCUT2D eigenvalue weighted by Crippen LogP contribution is -2.47. The van der Waals surface area contributed by atoms with Gasteiger partial charge in [-0.2, -0.15) is 13.2 Å². The summed E-state index contributed by atoms with van der Waals surface area (Å²) in [6.07, 6.45) is -4.29. The number of rotatable bonds is 14. The monoisotopic (exact) mass is 586 g/mol. The summed E-state index contributed by atoms with van der Waals surface area (Å²) in [4.78, 5) is 14.5. The van der Waals surface area contributed by atoms with Crippen molar-refractivity contribution in [1.29, 1.82) is 0 Å². The Balaban J connectivity index is 1.42. The molecular weight excluding hydrogens is 555 g/mol. The Labute approximate surface area is 232 Å². The molecule has 3 aromatic rings. The van der Waals surface area contributed by atoms with Crippen molar-refractivity contribution >= 4 is 16.9 Å². The number of para-hydroxylation sites is 1. The van der Waals surface area contributed by atoms with Gasteiger partial charge in [0.2, 0.25) is 0 Å². The van der Waals surface area contributed by atoms with Gasteiger partial charge in [0.25, 0.3) is 0 Å². The highest BCUT2D eigenvalue weighted by atomic mass is 19.4. The van der Waals surface area contributed by atoms with Crippen LogP contribution in [0.15, 0.2) is 36.4 Å². The van der Waals surface area contributed by atoms with Crippen LogP contribution in [-0.2, 0) is 25.4 Å². The number of ether oxygens (including phenoxy) is 4. The van der Waals surface area contributed by atoms with Crippen molar-refractivity contribution in [2.75, 3.05) is 52.8 Å². The molecule has 0 radical (unpaired) electrons. The Morgan fingerprint density at radius 1 is 1.00 bits per heavy atom. The maximum Gasteiger partial charge on any atom is 0.401 e. The maximum atomic E-state index is 15.5. The van der Waals surface area contributed by atoms with Gasteiger partial charge in [0.15, 0.2) is 0 Å². The van der Waals surface area contributed by atoms with Gasteiger partial charge in [-0.3, -0.25) is 4.90 Å². The molecule has 0 amide bonds. The van der Waals surface area contributed by atoms with E-state index < -0.39 is 54.6 Å². The zero-order valence-corrected chi connectivity index (χ0v) is 22.3. The third-order valence-corrected chi connectivity index (χ3v) is 6.67. The average Bonchev–Trinajstić information content (AvgIpc) is 3.25. The number of benzene rings is 2. The van der Waals surface area contributed by atoms with Gasteiger partial charge in [0, 0.05) is 40.3 Å². The Kier molecular flexibility index (Phi) is 10.2. The van der Waals surface area contributed by atoms with Crippen LogP contribution in [0, 0.1) is 11.6 Å². The zero-order chi connectivity index (χ0) is 29.6. The number of H-pyrrole nitrogens is 1. The molecular formula is C28H31F5N2O6. The largest absolute Gasteiger partial charge is 0.491 e. The molecule has 0 aliphatic carbocycles. The number of hydrogen-bond donors (Lipinski definition) is 2. The van der Waals surface area contributed by atoms with Crippen molar-refractivity contribution in [1.82, 2.24) is 9.88 Å². The first-order chi connectivity index (χ1) is 19.5. The molecule has 2 aromatic carbocycles. The fraction of sp³-hybridized carbons (Fsp3) is 0.464. The highest BCUT2D eigenvalue weighted by molar-refractivity contribution is 5.85. The van der Waals surface area contributed by atoms with Crippen LogP contribution in [0.2, 0.25) is 0 Å². The molecule has 2 atom stereocenters. The number of fused-ring (bicyclic) bond motifs is 3. The Morgan fingerprint density at radius 3 is 2.24 bits per heavy atom. The zero-order valence-electron chi connectivity index (χ0n) is 22.3. The molecule has 0 bridgehead atoms. The summed E-state index contributed by atoms with van der Waals surface area (Å²) < 4.78 is 92.5. The maximum absolute atomic E-state index is 15.5. The summed E-state index contributed by atoms with van der Waals surface area (Å²) >= 11 is 0. The van der Waals surface area contributed by atoms with Gasteiger partial charge in [0.1, 0.15) is 30.6 Å². The molecule has 13 heteroatoms. The van der Waals surface area contributed by atoms with E-state index in [-0.39, 0.29) is 45.4 Å². The van der Waals surface area contributed by atoms with E-state index in [1.54, 1.807) is 19.1 Å². The Bertz CT molecular complexity index is 1310. The number of nitrogens with one attached hydrogen (secondary N) is 1. The van der Waals surface area contributed by atoms with Crippen LogP contribution in [0.5, 0.6) is 5.75 Å². The number of aromatic amines is 1. The number of aliphatic carboxylic acids is 1. The standard InChI is InChI=1S/C28H31F5N2O6/c1-17-12-20-19-4-2-3-5-23(19)34-26(20)27(35(17)16-28(31,32)33)25-21(29)13-18(14-22(25)30)41-11-10-39-7-6-38-8-9-40-15-24(36)37/h2-5,13-14,17,27,34H,6-12,15-16H2,1H3,(H,36,37)/t17-,27-/m1/s1. The van der Waals surface area contributed by atoms with Crippen molar-refractivity contribution in [2.24, 2.45) is 0 Å². The van der Waals surface area contributed by atoms with Gasteiger partial charge >= 0.3 is 12.1 Å². The number of hydrogen-bond acceptors (Lipinski definition) is 6. The quantitative estimate of drug-likeness (QED) is 0.206. The molecule has 41 heavy (non-hydrogen) atoms. The van der Waals surface area contributed by atoms with E-state index in [0.29, 0.717) is 17.6 Å². The van der Waals surface area contributed by atoms with Crippen molar-refractivity contribution in [3.05, 3.63) is 64.9 Å². The van der Waals surface area contributed by atoms with Gasteiger partial charge in [-0.05, 0) is 25.0 Å². The number of alkyl halides is 3. The first-order valence-corrected chi connectivity index (χ1v) is 13.0. The van der Waals surface area contributed by atoms with Crippen molar-refractivity contribution in [3.8, 4) is 5.75 Å². The number of aromatic nitrogens is 1. The second kappa shape index (κ2) is 13.6. The van der Waals surface area contributed by atoms with Gasteiger partial charge in [-0.15, -0.1) is 0 Å². The SMILES string of the molecule is C[C@@H]1Cc2c([nH]c3ccccc23)[C@@H](c2c(F)cc(OCCOCCOCCOCC(=O)O)cc2F)N1CC(F)(F)F.